The van der Waals surface area contributed by atoms with E-state index in [4.69, 9.17) is 0 Å². The first-order chi connectivity index (χ1) is 10.6. The van der Waals surface area contributed by atoms with E-state index in [9.17, 15) is 52.7 Å². The molecule has 0 saturated heterocycles. The van der Waals surface area contributed by atoms with E-state index in [0.29, 0.717) is 0 Å². The molecule has 0 N–H and O–H groups in total. The van der Waals surface area contributed by atoms with E-state index >= 15 is 0 Å². The summed E-state index contributed by atoms with van der Waals surface area (Å²) in [6, 6.07) is 0. The minimum absolute atomic E-state index is 1.99. The van der Waals surface area contributed by atoms with Crippen molar-refractivity contribution in [3.8, 4) is 0 Å². The van der Waals surface area contributed by atoms with Crippen LogP contribution in [-0.2, 0) is 4.74 Å². The maximum Gasteiger partial charge on any atom is 0.455 e. The first-order valence-corrected chi connectivity index (χ1v) is 6.87. The van der Waals surface area contributed by atoms with Crippen molar-refractivity contribution in [2.75, 3.05) is 0 Å². The van der Waals surface area contributed by atoms with Gasteiger partial charge < -0.3 is 0 Å². The molecule has 0 radical (unpaired) electrons. The van der Waals surface area contributed by atoms with Crippen LogP contribution in [0.15, 0.2) is 0 Å². The van der Waals surface area contributed by atoms with Crippen molar-refractivity contribution in [2.24, 2.45) is 0 Å². The van der Waals surface area contributed by atoms with Crippen molar-refractivity contribution in [3.63, 3.8) is 0 Å². The molecule has 0 spiro atoms. The number of alkyl halides is 16. The van der Waals surface area contributed by atoms with Gasteiger partial charge in [0.1, 0.15) is 0 Å². The van der Waals surface area contributed by atoms with Gasteiger partial charge in [0.2, 0.25) is 0 Å². The first-order valence-electron chi connectivity index (χ1n) is 5.13. The van der Waals surface area contributed by atoms with Gasteiger partial charge in [0.25, 0.3) is 0 Å². The highest BCUT2D eigenvalue weighted by molar-refractivity contribution is 6.45. The Morgan fingerprint density at radius 3 is 0.800 bits per heavy atom. The number of hydrogen-bond acceptors (Lipinski definition) is 1. The Morgan fingerprint density at radius 2 is 0.680 bits per heavy atom. The lowest BCUT2D eigenvalue weighted by Crippen LogP contribution is -2.69. The van der Waals surface area contributed by atoms with Crippen LogP contribution >= 0.6 is 46.4 Å². The molecule has 0 aliphatic heterocycles. The second-order valence-electron chi connectivity index (χ2n) is 4.14. The molecule has 2 atom stereocenters. The SMILES string of the molecule is FC(F)(F)C(F)(OC(F)(C(F)(F)F)C(F)(F)C(Cl)Cl)C(F)(F)C(Cl)Cl. The molecule has 152 valence electrons. The average molecular weight is 484 g/mol. The van der Waals surface area contributed by atoms with E-state index < -0.39 is 45.6 Å². The highest BCUT2D eigenvalue weighted by Gasteiger charge is 2.85. The maximum atomic E-state index is 13.7. The molecule has 25 heavy (non-hydrogen) atoms. The van der Waals surface area contributed by atoms with Crippen molar-refractivity contribution < 1.29 is 57.4 Å². The molecule has 17 heteroatoms. The summed E-state index contributed by atoms with van der Waals surface area (Å²) in [7, 11) is 0. The highest BCUT2D eigenvalue weighted by atomic mass is 35.5. The normalized spacial score (nSPS) is 19.9. The zero-order chi connectivity index (χ0) is 20.9. The van der Waals surface area contributed by atoms with Gasteiger partial charge in [0, 0.05) is 0 Å². The summed E-state index contributed by atoms with van der Waals surface area (Å²) in [5, 5.41) is 0. The molecule has 0 bridgehead atoms. The molecule has 0 aliphatic carbocycles. The van der Waals surface area contributed by atoms with E-state index in [0.717, 1.165) is 0 Å². The second-order valence-corrected chi connectivity index (χ2v) is 6.33. The Morgan fingerprint density at radius 1 is 0.480 bits per heavy atom. The molecule has 0 aromatic heterocycles. The Kier molecular flexibility index (Phi) is 7.10. The quantitative estimate of drug-likeness (QED) is 0.316. The van der Waals surface area contributed by atoms with E-state index in [1.807, 2.05) is 4.74 Å². The average Bonchev–Trinajstić information content (AvgIpc) is 2.34. The van der Waals surface area contributed by atoms with E-state index in [1.54, 1.807) is 0 Å². The molecule has 1 nitrogen and oxygen atoms in total. The third kappa shape index (κ3) is 4.09. The summed E-state index contributed by atoms with van der Waals surface area (Å²) in [6.45, 7) is 0. The zero-order valence-electron chi connectivity index (χ0n) is 10.6. The van der Waals surface area contributed by atoms with Gasteiger partial charge in [-0.05, 0) is 0 Å². The molecule has 0 saturated carbocycles. The fourth-order valence-corrected chi connectivity index (χ4v) is 1.67. The Bertz CT molecular complexity index is 435. The van der Waals surface area contributed by atoms with Gasteiger partial charge >= 0.3 is 35.9 Å². The van der Waals surface area contributed by atoms with Crippen LogP contribution in [0.3, 0.4) is 0 Å². The van der Waals surface area contributed by atoms with Gasteiger partial charge in [0.15, 0.2) is 9.67 Å². The standard InChI is InChI=1S/C8H2Cl4F12O/c9-1(10)3(13,14)5(17,7(19,20)21)25-6(18,8(22,23)24)4(15,16)2(11)12/h1-2H. The summed E-state index contributed by atoms with van der Waals surface area (Å²) < 4.78 is 158. The van der Waals surface area contributed by atoms with Crippen molar-refractivity contribution in [1.29, 1.82) is 0 Å². The van der Waals surface area contributed by atoms with Crippen LogP contribution in [0.25, 0.3) is 0 Å². The van der Waals surface area contributed by atoms with E-state index in [2.05, 4.69) is 46.4 Å². The molecule has 0 rings (SSSR count). The van der Waals surface area contributed by atoms with Crippen molar-refractivity contribution >= 4 is 46.4 Å². The fraction of sp³-hybridized carbons (Fsp3) is 1.00. The van der Waals surface area contributed by atoms with Gasteiger partial charge in [-0.1, -0.05) is 46.4 Å². The van der Waals surface area contributed by atoms with Crippen LogP contribution in [0.4, 0.5) is 52.7 Å². The number of rotatable bonds is 6. The van der Waals surface area contributed by atoms with Crippen LogP contribution in [0, 0.1) is 0 Å². The van der Waals surface area contributed by atoms with Crippen molar-refractivity contribution in [2.45, 2.75) is 45.6 Å². The monoisotopic (exact) mass is 482 g/mol. The zero-order valence-corrected chi connectivity index (χ0v) is 13.6. The molecule has 2 unspecified atom stereocenters. The highest BCUT2D eigenvalue weighted by Crippen LogP contribution is 2.58. The molecule has 0 amide bonds. The molecular formula is C8H2Cl4F12O. The Hall–Kier alpha value is 0.280. The van der Waals surface area contributed by atoms with Gasteiger partial charge in [-0.15, -0.1) is 0 Å². The van der Waals surface area contributed by atoms with Crippen LogP contribution in [0.2, 0.25) is 0 Å². The van der Waals surface area contributed by atoms with Crippen molar-refractivity contribution in [1.82, 2.24) is 0 Å². The second kappa shape index (κ2) is 7.02. The smallest absolute Gasteiger partial charge is 0.284 e. The predicted molar refractivity (Wildman–Crippen MR) is 61.8 cm³/mol. The summed E-state index contributed by atoms with van der Waals surface area (Å²) >= 11 is 17.3. The lowest BCUT2D eigenvalue weighted by molar-refractivity contribution is -0.497. The van der Waals surface area contributed by atoms with Gasteiger partial charge in [-0.25, -0.2) is 0 Å². The molecule has 0 aromatic rings. The molecule has 0 heterocycles. The molecule has 0 aliphatic rings. The minimum Gasteiger partial charge on any atom is -0.284 e. The molecule has 0 fully saturated rings. The lowest BCUT2D eigenvalue weighted by Gasteiger charge is -2.42. The van der Waals surface area contributed by atoms with E-state index in [1.165, 1.54) is 0 Å². The molecular weight excluding hydrogens is 482 g/mol. The fourth-order valence-electron chi connectivity index (χ4n) is 1.10. The number of hydrogen-bond donors (Lipinski definition) is 0. The van der Waals surface area contributed by atoms with Gasteiger partial charge in [-0.3, -0.25) is 4.74 Å². The first kappa shape index (κ1) is 25.3. The topological polar surface area (TPSA) is 9.23 Å². The Balaban J connectivity index is 6.62. The third-order valence-corrected chi connectivity index (χ3v) is 3.51. The number of halogens is 16. The predicted octanol–water partition coefficient (Wildman–Crippen LogP) is 6.34. The van der Waals surface area contributed by atoms with Crippen LogP contribution in [0.1, 0.15) is 0 Å². The van der Waals surface area contributed by atoms with Gasteiger partial charge in [-0.2, -0.15) is 52.7 Å². The summed E-state index contributed by atoms with van der Waals surface area (Å²) in [5.41, 5.74) is 0. The summed E-state index contributed by atoms with van der Waals surface area (Å²) in [6.07, 6.45) is -14.4. The maximum absolute atomic E-state index is 13.7. The summed E-state index contributed by atoms with van der Waals surface area (Å²) in [5.74, 6) is -26.8. The van der Waals surface area contributed by atoms with Crippen LogP contribution < -0.4 is 0 Å². The third-order valence-electron chi connectivity index (χ3n) is 2.42. The van der Waals surface area contributed by atoms with E-state index in [-0.39, 0.29) is 0 Å². The number of ether oxygens (including phenoxy) is 1. The van der Waals surface area contributed by atoms with Crippen LogP contribution in [0.5, 0.6) is 0 Å². The minimum atomic E-state index is -7.22. The van der Waals surface area contributed by atoms with Gasteiger partial charge in [0.05, 0.1) is 0 Å². The summed E-state index contributed by atoms with van der Waals surface area (Å²) in [4.78, 5) is -7.60. The lowest BCUT2D eigenvalue weighted by atomic mass is 10.1. The Labute approximate surface area is 150 Å². The van der Waals surface area contributed by atoms with Crippen molar-refractivity contribution in [3.05, 3.63) is 0 Å². The molecule has 0 aromatic carbocycles. The largest absolute Gasteiger partial charge is 0.455 e. The van der Waals surface area contributed by atoms with Crippen LogP contribution in [-0.4, -0.2) is 45.6 Å².